The van der Waals surface area contributed by atoms with Gasteiger partial charge in [0.1, 0.15) is 17.3 Å². The van der Waals surface area contributed by atoms with E-state index in [1.54, 1.807) is 30.5 Å². The van der Waals surface area contributed by atoms with Crippen LogP contribution in [-0.4, -0.2) is 40.4 Å². The van der Waals surface area contributed by atoms with Crippen LogP contribution in [0.5, 0.6) is 0 Å². The lowest BCUT2D eigenvalue weighted by atomic mass is 9.88. The van der Waals surface area contributed by atoms with Gasteiger partial charge in [0.15, 0.2) is 5.82 Å². The molecule has 2 amide bonds. The fourth-order valence-corrected chi connectivity index (χ4v) is 5.51. The molecule has 0 radical (unpaired) electrons. The average molecular weight is 571 g/mol. The predicted molar refractivity (Wildman–Crippen MR) is 150 cm³/mol. The van der Waals surface area contributed by atoms with Crippen molar-refractivity contribution in [3.05, 3.63) is 69.6 Å². The Hall–Kier alpha value is -3.27. The van der Waals surface area contributed by atoms with Crippen molar-refractivity contribution in [2.75, 3.05) is 23.7 Å². The van der Waals surface area contributed by atoms with E-state index >= 15 is 0 Å². The SMILES string of the molecule is CC1(NCc2ccc(C3CCC(=O)NC3=O)c(F)c2)CCN(c2cnc(-c3cccc(Cl)c3Cl)c(N)n2)CC1. The minimum absolute atomic E-state index is 0.150. The van der Waals surface area contributed by atoms with Gasteiger partial charge in [-0.1, -0.05) is 47.5 Å². The first-order valence-electron chi connectivity index (χ1n) is 12.8. The van der Waals surface area contributed by atoms with Gasteiger partial charge in [-0.2, -0.15) is 0 Å². The number of nitrogen functional groups attached to an aromatic ring is 1. The molecule has 0 spiro atoms. The Morgan fingerprint density at radius 1 is 1.21 bits per heavy atom. The Labute approximate surface area is 236 Å². The molecular formula is C28H29Cl2FN6O2. The molecule has 3 aromatic rings. The van der Waals surface area contributed by atoms with Crippen LogP contribution in [0, 0.1) is 5.82 Å². The van der Waals surface area contributed by atoms with Gasteiger partial charge in [-0.25, -0.2) is 14.4 Å². The van der Waals surface area contributed by atoms with Crippen molar-refractivity contribution in [3.8, 4) is 11.3 Å². The van der Waals surface area contributed by atoms with Crippen LogP contribution in [0.15, 0.2) is 42.6 Å². The number of nitrogens with zero attached hydrogens (tertiary/aromatic N) is 3. The number of amides is 2. The van der Waals surface area contributed by atoms with E-state index in [1.807, 2.05) is 6.07 Å². The molecule has 2 aliphatic heterocycles. The third-order valence-electron chi connectivity index (χ3n) is 7.58. The predicted octanol–water partition coefficient (Wildman–Crippen LogP) is 4.84. The molecule has 4 N–H and O–H groups in total. The molecule has 8 nitrogen and oxygen atoms in total. The van der Waals surface area contributed by atoms with Crippen molar-refractivity contribution in [1.29, 1.82) is 0 Å². The van der Waals surface area contributed by atoms with E-state index in [2.05, 4.69) is 32.4 Å². The van der Waals surface area contributed by atoms with Crippen LogP contribution in [0.1, 0.15) is 49.7 Å². The van der Waals surface area contributed by atoms with Crippen LogP contribution in [0.25, 0.3) is 11.3 Å². The van der Waals surface area contributed by atoms with Crippen molar-refractivity contribution in [3.63, 3.8) is 0 Å². The summed E-state index contributed by atoms with van der Waals surface area (Å²) in [4.78, 5) is 34.8. The van der Waals surface area contributed by atoms with E-state index in [4.69, 9.17) is 28.9 Å². The average Bonchev–Trinajstić information content (AvgIpc) is 2.90. The smallest absolute Gasteiger partial charge is 0.234 e. The largest absolute Gasteiger partial charge is 0.382 e. The van der Waals surface area contributed by atoms with Gasteiger partial charge in [-0.15, -0.1) is 0 Å². The highest BCUT2D eigenvalue weighted by Gasteiger charge is 2.32. The number of nitrogens with one attached hydrogen (secondary N) is 2. The summed E-state index contributed by atoms with van der Waals surface area (Å²) in [6, 6.07) is 10.3. The van der Waals surface area contributed by atoms with Gasteiger partial charge in [0.2, 0.25) is 11.8 Å². The quantitative estimate of drug-likeness (QED) is 0.363. The molecule has 2 aromatic carbocycles. The first-order chi connectivity index (χ1) is 18.6. The number of hydrogen-bond donors (Lipinski definition) is 3. The second kappa shape index (κ2) is 11.1. The van der Waals surface area contributed by atoms with Crippen LogP contribution >= 0.6 is 23.2 Å². The molecule has 1 unspecified atom stereocenters. The number of benzene rings is 2. The molecular weight excluding hydrogens is 542 g/mol. The molecule has 204 valence electrons. The van der Waals surface area contributed by atoms with Crippen LogP contribution < -0.4 is 21.3 Å². The second-order valence-electron chi connectivity index (χ2n) is 10.3. The highest BCUT2D eigenvalue weighted by Crippen LogP contribution is 2.35. The molecule has 39 heavy (non-hydrogen) atoms. The van der Waals surface area contributed by atoms with Gasteiger partial charge in [-0.3, -0.25) is 14.9 Å². The Balaban J connectivity index is 1.19. The number of hydrogen-bond acceptors (Lipinski definition) is 7. The maximum Gasteiger partial charge on any atom is 0.234 e. The number of piperidine rings is 2. The summed E-state index contributed by atoms with van der Waals surface area (Å²) in [6.07, 6.45) is 3.92. The topological polar surface area (TPSA) is 113 Å². The minimum Gasteiger partial charge on any atom is -0.382 e. The molecule has 2 fully saturated rings. The first kappa shape index (κ1) is 27.3. The molecule has 2 aliphatic rings. The molecule has 3 heterocycles. The molecule has 0 saturated carbocycles. The van der Waals surface area contributed by atoms with Crippen LogP contribution in [0.2, 0.25) is 10.0 Å². The van der Waals surface area contributed by atoms with E-state index < -0.39 is 17.6 Å². The normalized spacial score (nSPS) is 19.2. The van der Waals surface area contributed by atoms with Gasteiger partial charge < -0.3 is 16.0 Å². The fraction of sp³-hybridized carbons (Fsp3) is 0.357. The number of imide groups is 1. The number of halogens is 3. The van der Waals surface area contributed by atoms with Crippen LogP contribution in [-0.2, 0) is 16.1 Å². The van der Waals surface area contributed by atoms with Gasteiger partial charge in [0.25, 0.3) is 0 Å². The third kappa shape index (κ3) is 5.85. The molecule has 0 aliphatic carbocycles. The van der Waals surface area contributed by atoms with Crippen molar-refractivity contribution < 1.29 is 14.0 Å². The zero-order chi connectivity index (χ0) is 27.7. The van der Waals surface area contributed by atoms with Crippen molar-refractivity contribution in [1.82, 2.24) is 20.6 Å². The Kier molecular flexibility index (Phi) is 7.75. The number of aromatic nitrogens is 2. The van der Waals surface area contributed by atoms with Gasteiger partial charge in [-0.05, 0) is 43.9 Å². The van der Waals surface area contributed by atoms with Gasteiger partial charge in [0, 0.05) is 42.7 Å². The Morgan fingerprint density at radius 3 is 2.67 bits per heavy atom. The van der Waals surface area contributed by atoms with Crippen molar-refractivity contribution in [2.45, 2.75) is 50.6 Å². The minimum atomic E-state index is -0.639. The van der Waals surface area contributed by atoms with Crippen molar-refractivity contribution in [2.24, 2.45) is 0 Å². The first-order valence-corrected chi connectivity index (χ1v) is 13.6. The maximum atomic E-state index is 14.9. The number of nitrogens with two attached hydrogens (primary N) is 1. The number of carbonyl (C=O) groups is 2. The summed E-state index contributed by atoms with van der Waals surface area (Å²) in [7, 11) is 0. The molecule has 11 heteroatoms. The summed E-state index contributed by atoms with van der Waals surface area (Å²) in [6.45, 7) is 4.14. The van der Waals surface area contributed by atoms with E-state index in [0.29, 0.717) is 45.6 Å². The number of anilines is 2. The van der Waals surface area contributed by atoms with Gasteiger partial charge in [0.05, 0.1) is 22.2 Å². The molecule has 1 atom stereocenters. The van der Waals surface area contributed by atoms with Crippen LogP contribution in [0.3, 0.4) is 0 Å². The highest BCUT2D eigenvalue weighted by atomic mass is 35.5. The molecule has 1 aromatic heterocycles. The van der Waals surface area contributed by atoms with Crippen molar-refractivity contribution >= 4 is 46.7 Å². The Bertz CT molecular complexity index is 1430. The summed E-state index contributed by atoms with van der Waals surface area (Å²) >= 11 is 12.5. The van der Waals surface area contributed by atoms with E-state index in [-0.39, 0.29) is 23.7 Å². The van der Waals surface area contributed by atoms with Crippen LogP contribution in [0.4, 0.5) is 16.0 Å². The molecule has 2 saturated heterocycles. The number of rotatable bonds is 6. The summed E-state index contributed by atoms with van der Waals surface area (Å²) < 4.78 is 14.9. The number of carbonyl (C=O) groups excluding carboxylic acids is 2. The zero-order valence-corrected chi connectivity index (χ0v) is 22.9. The molecule has 0 bridgehead atoms. The second-order valence-corrected chi connectivity index (χ2v) is 11.1. The highest BCUT2D eigenvalue weighted by molar-refractivity contribution is 6.43. The maximum absolute atomic E-state index is 14.9. The lowest BCUT2D eigenvalue weighted by molar-refractivity contribution is -0.134. The zero-order valence-electron chi connectivity index (χ0n) is 21.4. The monoisotopic (exact) mass is 570 g/mol. The van der Waals surface area contributed by atoms with E-state index in [9.17, 15) is 14.0 Å². The van der Waals surface area contributed by atoms with Gasteiger partial charge >= 0.3 is 0 Å². The lowest BCUT2D eigenvalue weighted by Crippen LogP contribution is -2.51. The summed E-state index contributed by atoms with van der Waals surface area (Å²) in [5.41, 5.74) is 8.34. The van der Waals surface area contributed by atoms with E-state index in [1.165, 1.54) is 6.07 Å². The fourth-order valence-electron chi connectivity index (χ4n) is 5.12. The summed E-state index contributed by atoms with van der Waals surface area (Å²) in [5.74, 6) is -0.840. The lowest BCUT2D eigenvalue weighted by Gasteiger charge is -2.40. The standard InChI is InChI=1S/C28H29Cl2FN6O2/c1-28(34-14-16-5-6-17(21(31)13-16)18-7-8-23(38)36-27(18)39)9-11-37(12-10-28)22-15-33-25(26(32)35-22)19-3-2-4-20(29)24(19)30/h2-6,13,15,18,34H,7-12,14H2,1H3,(H2,32,35)(H,36,38,39). The Morgan fingerprint density at radius 2 is 1.97 bits per heavy atom. The summed E-state index contributed by atoms with van der Waals surface area (Å²) in [5, 5.41) is 6.68. The third-order valence-corrected chi connectivity index (χ3v) is 8.40. The molecule has 5 rings (SSSR count). The van der Waals surface area contributed by atoms with E-state index in [0.717, 1.165) is 31.5 Å².